The molecule has 1 saturated carbocycles. The molecule has 0 radical (unpaired) electrons. The number of hydrogen-bond donors (Lipinski definition) is 1. The largest absolute Gasteiger partial charge is 0.497 e. The van der Waals surface area contributed by atoms with E-state index in [-0.39, 0.29) is 12.5 Å². The van der Waals surface area contributed by atoms with Crippen molar-refractivity contribution in [3.8, 4) is 5.75 Å². The third-order valence-corrected chi connectivity index (χ3v) is 3.77. The Morgan fingerprint density at radius 3 is 2.50 bits per heavy atom. The fraction of sp³-hybridized carbons (Fsp3) is 0.467. The fourth-order valence-electron chi connectivity index (χ4n) is 2.48. The van der Waals surface area contributed by atoms with Crippen molar-refractivity contribution < 1.29 is 24.2 Å². The zero-order valence-corrected chi connectivity index (χ0v) is 11.6. The number of carboxylic acid groups (broad SMARTS) is 1. The third kappa shape index (κ3) is 2.48. The van der Waals surface area contributed by atoms with Gasteiger partial charge in [-0.3, -0.25) is 9.59 Å². The average Bonchev–Trinajstić information content (AvgIpc) is 3.15. The standard InChI is InChI=1S/C15H18O5/c1-3-20-14(18)15(13(16)17)9-11(15)8-10-4-6-12(19-2)7-5-10/h4-7,11H,3,8-9H2,1-2H3,(H,16,17). The van der Waals surface area contributed by atoms with Gasteiger partial charge in [-0.2, -0.15) is 0 Å². The zero-order chi connectivity index (χ0) is 14.8. The molecule has 20 heavy (non-hydrogen) atoms. The van der Waals surface area contributed by atoms with Gasteiger partial charge in [0.05, 0.1) is 13.7 Å². The molecule has 0 spiro atoms. The van der Waals surface area contributed by atoms with Gasteiger partial charge in [0.2, 0.25) is 0 Å². The third-order valence-electron chi connectivity index (χ3n) is 3.77. The number of carbonyl (C=O) groups excluding carboxylic acids is 1. The molecular formula is C15H18O5. The molecule has 1 fully saturated rings. The summed E-state index contributed by atoms with van der Waals surface area (Å²) in [5.74, 6) is -1.16. The smallest absolute Gasteiger partial charge is 0.323 e. The maximum absolute atomic E-state index is 11.8. The molecule has 5 nitrogen and oxygen atoms in total. The zero-order valence-electron chi connectivity index (χ0n) is 11.6. The summed E-state index contributed by atoms with van der Waals surface area (Å²) in [5, 5.41) is 9.31. The van der Waals surface area contributed by atoms with E-state index < -0.39 is 17.4 Å². The first-order valence-corrected chi connectivity index (χ1v) is 6.58. The Balaban J connectivity index is 2.07. The molecule has 1 aliphatic rings. The van der Waals surface area contributed by atoms with Gasteiger partial charge in [-0.05, 0) is 43.4 Å². The van der Waals surface area contributed by atoms with Crippen LogP contribution >= 0.6 is 0 Å². The van der Waals surface area contributed by atoms with Crippen molar-refractivity contribution >= 4 is 11.9 Å². The molecule has 0 saturated heterocycles. The van der Waals surface area contributed by atoms with E-state index in [2.05, 4.69) is 0 Å². The Kier molecular flexibility index (Phi) is 3.97. The second-order valence-corrected chi connectivity index (χ2v) is 4.95. The van der Waals surface area contributed by atoms with Gasteiger partial charge in [0, 0.05) is 0 Å². The first-order valence-electron chi connectivity index (χ1n) is 6.58. The summed E-state index contributed by atoms with van der Waals surface area (Å²) in [6.45, 7) is 1.87. The Morgan fingerprint density at radius 1 is 1.35 bits per heavy atom. The molecule has 0 heterocycles. The van der Waals surface area contributed by atoms with E-state index in [0.29, 0.717) is 12.8 Å². The molecule has 2 unspecified atom stereocenters. The molecule has 0 aromatic heterocycles. The SMILES string of the molecule is CCOC(=O)C1(C(=O)O)CC1Cc1ccc(OC)cc1. The number of carboxylic acids is 1. The molecule has 108 valence electrons. The second kappa shape index (κ2) is 5.53. The van der Waals surface area contributed by atoms with E-state index in [4.69, 9.17) is 9.47 Å². The minimum absolute atomic E-state index is 0.198. The van der Waals surface area contributed by atoms with E-state index >= 15 is 0 Å². The van der Waals surface area contributed by atoms with Crippen LogP contribution in [0, 0.1) is 11.3 Å². The molecular weight excluding hydrogens is 260 g/mol. The summed E-state index contributed by atoms with van der Waals surface area (Å²) in [6.07, 6.45) is 0.891. The summed E-state index contributed by atoms with van der Waals surface area (Å²) >= 11 is 0. The van der Waals surface area contributed by atoms with Crippen LogP contribution in [0.1, 0.15) is 18.9 Å². The van der Waals surface area contributed by atoms with Crippen molar-refractivity contribution in [2.45, 2.75) is 19.8 Å². The summed E-state index contributed by atoms with van der Waals surface area (Å²) in [4.78, 5) is 23.2. The number of carbonyl (C=O) groups is 2. The van der Waals surface area contributed by atoms with Crippen molar-refractivity contribution in [3.63, 3.8) is 0 Å². The fourth-order valence-corrected chi connectivity index (χ4v) is 2.48. The van der Waals surface area contributed by atoms with Gasteiger partial charge in [0.15, 0.2) is 5.41 Å². The van der Waals surface area contributed by atoms with Crippen molar-refractivity contribution in [2.75, 3.05) is 13.7 Å². The van der Waals surface area contributed by atoms with E-state index in [1.54, 1.807) is 14.0 Å². The Labute approximate surface area is 117 Å². The minimum Gasteiger partial charge on any atom is -0.497 e. The van der Waals surface area contributed by atoms with Gasteiger partial charge in [0.25, 0.3) is 0 Å². The molecule has 1 aromatic carbocycles. The van der Waals surface area contributed by atoms with Crippen LogP contribution in [-0.4, -0.2) is 30.8 Å². The van der Waals surface area contributed by atoms with Crippen LogP contribution < -0.4 is 4.74 Å². The van der Waals surface area contributed by atoms with Gasteiger partial charge in [-0.1, -0.05) is 12.1 Å². The molecule has 0 bridgehead atoms. The number of ether oxygens (including phenoxy) is 2. The molecule has 0 amide bonds. The molecule has 1 aliphatic carbocycles. The van der Waals surface area contributed by atoms with Crippen molar-refractivity contribution in [3.05, 3.63) is 29.8 Å². The van der Waals surface area contributed by atoms with Gasteiger partial charge in [0.1, 0.15) is 5.75 Å². The van der Waals surface area contributed by atoms with Gasteiger partial charge in [-0.15, -0.1) is 0 Å². The first kappa shape index (κ1) is 14.4. The number of rotatable bonds is 6. The monoisotopic (exact) mass is 278 g/mol. The summed E-state index contributed by atoms with van der Waals surface area (Å²) < 4.78 is 9.97. The Hall–Kier alpha value is -2.04. The van der Waals surface area contributed by atoms with Gasteiger partial charge in [-0.25, -0.2) is 0 Å². The highest BCUT2D eigenvalue weighted by Crippen LogP contribution is 2.55. The number of benzene rings is 1. The normalized spacial score (nSPS) is 24.0. The Bertz CT molecular complexity index is 508. The topological polar surface area (TPSA) is 72.8 Å². The van der Waals surface area contributed by atoms with Crippen molar-refractivity contribution in [1.29, 1.82) is 0 Å². The predicted molar refractivity (Wildman–Crippen MR) is 71.5 cm³/mol. The lowest BCUT2D eigenvalue weighted by molar-refractivity contribution is -0.161. The predicted octanol–water partition coefficient (Wildman–Crippen LogP) is 1.89. The first-order chi connectivity index (χ1) is 9.54. The van der Waals surface area contributed by atoms with E-state index in [0.717, 1.165) is 11.3 Å². The molecule has 1 aromatic rings. The van der Waals surface area contributed by atoms with Crippen molar-refractivity contribution in [2.24, 2.45) is 11.3 Å². The van der Waals surface area contributed by atoms with Crippen LogP contribution in [0.25, 0.3) is 0 Å². The summed E-state index contributed by atoms with van der Waals surface area (Å²) in [7, 11) is 1.59. The highest BCUT2D eigenvalue weighted by atomic mass is 16.5. The molecule has 2 rings (SSSR count). The quantitative estimate of drug-likeness (QED) is 0.635. The Morgan fingerprint density at radius 2 is 2.00 bits per heavy atom. The van der Waals surface area contributed by atoms with E-state index in [1.807, 2.05) is 24.3 Å². The van der Waals surface area contributed by atoms with E-state index in [9.17, 15) is 14.7 Å². The van der Waals surface area contributed by atoms with Crippen LogP contribution in [-0.2, 0) is 20.7 Å². The maximum atomic E-state index is 11.8. The molecule has 5 heteroatoms. The molecule has 2 atom stereocenters. The highest BCUT2D eigenvalue weighted by molar-refractivity contribution is 6.03. The van der Waals surface area contributed by atoms with Crippen LogP contribution in [0.4, 0.5) is 0 Å². The van der Waals surface area contributed by atoms with E-state index in [1.165, 1.54) is 0 Å². The van der Waals surface area contributed by atoms with Crippen LogP contribution in [0.5, 0.6) is 5.75 Å². The lowest BCUT2D eigenvalue weighted by Gasteiger charge is -2.11. The molecule has 0 aliphatic heterocycles. The minimum atomic E-state index is -1.35. The van der Waals surface area contributed by atoms with Crippen LogP contribution in [0.2, 0.25) is 0 Å². The van der Waals surface area contributed by atoms with Crippen LogP contribution in [0.15, 0.2) is 24.3 Å². The summed E-state index contributed by atoms with van der Waals surface area (Å²) in [6, 6.07) is 7.42. The lowest BCUT2D eigenvalue weighted by atomic mass is 9.99. The van der Waals surface area contributed by atoms with Gasteiger partial charge < -0.3 is 14.6 Å². The highest BCUT2D eigenvalue weighted by Gasteiger charge is 2.67. The number of methoxy groups -OCH3 is 1. The van der Waals surface area contributed by atoms with Crippen molar-refractivity contribution in [1.82, 2.24) is 0 Å². The number of aliphatic carboxylic acids is 1. The second-order valence-electron chi connectivity index (χ2n) is 4.95. The van der Waals surface area contributed by atoms with Crippen LogP contribution in [0.3, 0.4) is 0 Å². The maximum Gasteiger partial charge on any atom is 0.323 e. The van der Waals surface area contributed by atoms with Gasteiger partial charge >= 0.3 is 11.9 Å². The number of esters is 1. The number of hydrogen-bond acceptors (Lipinski definition) is 4. The molecule has 1 N–H and O–H groups in total. The summed E-state index contributed by atoms with van der Waals surface area (Å²) in [5.41, 5.74) is -0.362. The lowest BCUT2D eigenvalue weighted by Crippen LogP contribution is -2.30. The average molecular weight is 278 g/mol.